The second kappa shape index (κ2) is 7.81. The molecule has 1 amide bonds. The summed E-state index contributed by atoms with van der Waals surface area (Å²) in [4.78, 5) is 28.5. The van der Waals surface area contributed by atoms with Crippen LogP contribution in [0.2, 0.25) is 0 Å². The van der Waals surface area contributed by atoms with Crippen LogP contribution < -0.4 is 4.90 Å². The van der Waals surface area contributed by atoms with Crippen LogP contribution in [-0.4, -0.2) is 28.5 Å². The highest BCUT2D eigenvalue weighted by atomic mass is 32.1. The van der Waals surface area contributed by atoms with Gasteiger partial charge in [0.1, 0.15) is 11.3 Å². The van der Waals surface area contributed by atoms with Gasteiger partial charge in [-0.15, -0.1) is 0 Å². The van der Waals surface area contributed by atoms with E-state index in [1.165, 1.54) is 11.8 Å². The first kappa shape index (κ1) is 19.2. The van der Waals surface area contributed by atoms with Gasteiger partial charge in [0.15, 0.2) is 16.8 Å². The van der Waals surface area contributed by atoms with E-state index in [-0.39, 0.29) is 22.8 Å². The molecule has 5 nitrogen and oxygen atoms in total. The van der Waals surface area contributed by atoms with E-state index in [9.17, 15) is 22.8 Å². The van der Waals surface area contributed by atoms with Crippen LogP contribution in [0.4, 0.5) is 18.3 Å². The van der Waals surface area contributed by atoms with E-state index in [0.717, 1.165) is 17.8 Å². The Morgan fingerprint density at radius 3 is 2.60 bits per heavy atom. The molecule has 0 spiro atoms. The van der Waals surface area contributed by atoms with Crippen molar-refractivity contribution in [3.05, 3.63) is 23.5 Å². The number of carbonyl (C=O) groups excluding carboxylic acids is 1. The van der Waals surface area contributed by atoms with Crippen molar-refractivity contribution >= 4 is 38.6 Å². The molecule has 136 valence electrons. The number of amides is 1. The third kappa shape index (κ3) is 4.09. The zero-order valence-electron chi connectivity index (χ0n) is 13.7. The number of nitrogens with zero attached hydrogens (tertiary/aromatic N) is 2. The zero-order chi connectivity index (χ0) is 18.7. The van der Waals surface area contributed by atoms with Crippen LogP contribution in [0.3, 0.4) is 0 Å². The summed E-state index contributed by atoms with van der Waals surface area (Å²) in [5.41, 5.74) is -0.474. The van der Waals surface area contributed by atoms with Crippen molar-refractivity contribution in [2.45, 2.75) is 33.1 Å². The second-order valence-corrected chi connectivity index (χ2v) is 6.65. The number of halogens is 3. The molecule has 1 heterocycles. The largest absolute Gasteiger partial charge is 0.481 e. The van der Waals surface area contributed by atoms with Gasteiger partial charge < -0.3 is 5.11 Å². The molecule has 0 aliphatic carbocycles. The quantitative estimate of drug-likeness (QED) is 0.745. The van der Waals surface area contributed by atoms with E-state index in [1.54, 1.807) is 0 Å². The molecule has 1 unspecified atom stereocenters. The third-order valence-corrected chi connectivity index (χ3v) is 4.76. The lowest BCUT2D eigenvalue weighted by Gasteiger charge is -2.20. The fourth-order valence-corrected chi connectivity index (χ4v) is 3.20. The van der Waals surface area contributed by atoms with E-state index < -0.39 is 40.8 Å². The molecule has 0 aliphatic rings. The van der Waals surface area contributed by atoms with Gasteiger partial charge in [0.25, 0.3) is 0 Å². The van der Waals surface area contributed by atoms with E-state index in [0.29, 0.717) is 12.5 Å². The summed E-state index contributed by atoms with van der Waals surface area (Å²) in [5, 5.41) is 8.97. The maximum absolute atomic E-state index is 13.9. The molecule has 1 atom stereocenters. The molecular formula is C16H17F3N2O3S. The molecule has 0 radical (unpaired) electrons. The van der Waals surface area contributed by atoms with E-state index >= 15 is 0 Å². The summed E-state index contributed by atoms with van der Waals surface area (Å²) in [6.07, 6.45) is 1.08. The van der Waals surface area contributed by atoms with E-state index in [2.05, 4.69) is 4.98 Å². The van der Waals surface area contributed by atoms with Crippen molar-refractivity contribution in [2.75, 3.05) is 11.4 Å². The molecule has 9 heteroatoms. The summed E-state index contributed by atoms with van der Waals surface area (Å²) in [5.74, 6) is -6.12. The summed E-state index contributed by atoms with van der Waals surface area (Å²) in [6.45, 7) is 3.52. The Balaban J connectivity index is 2.42. The van der Waals surface area contributed by atoms with Crippen molar-refractivity contribution in [3.8, 4) is 0 Å². The van der Waals surface area contributed by atoms with Gasteiger partial charge in [0.2, 0.25) is 5.91 Å². The Labute approximate surface area is 146 Å². The number of rotatable bonds is 7. The fraction of sp³-hybridized carbons (Fsp3) is 0.438. The smallest absolute Gasteiger partial charge is 0.306 e. The fourth-order valence-electron chi connectivity index (χ4n) is 2.19. The number of aliphatic carboxylic acids is 1. The topological polar surface area (TPSA) is 70.5 Å². The highest BCUT2D eigenvalue weighted by molar-refractivity contribution is 7.22. The number of aromatic nitrogens is 1. The molecule has 0 bridgehead atoms. The zero-order valence-corrected chi connectivity index (χ0v) is 14.5. The van der Waals surface area contributed by atoms with Gasteiger partial charge in [0, 0.05) is 19.0 Å². The Morgan fingerprint density at radius 2 is 2.00 bits per heavy atom. The molecule has 1 N–H and O–H groups in total. The molecule has 0 aliphatic heterocycles. The minimum atomic E-state index is -1.35. The average molecular weight is 374 g/mol. The highest BCUT2D eigenvalue weighted by Gasteiger charge is 2.26. The average Bonchev–Trinajstić information content (AvgIpc) is 2.98. The van der Waals surface area contributed by atoms with Gasteiger partial charge >= 0.3 is 5.97 Å². The first-order valence-corrected chi connectivity index (χ1v) is 8.55. The number of carboxylic acids is 1. The van der Waals surface area contributed by atoms with Gasteiger partial charge in [-0.05, 0) is 6.42 Å². The number of carbonyl (C=O) groups is 2. The van der Waals surface area contributed by atoms with Crippen LogP contribution in [0.25, 0.3) is 10.2 Å². The van der Waals surface area contributed by atoms with Gasteiger partial charge in [-0.25, -0.2) is 18.2 Å². The van der Waals surface area contributed by atoms with Crippen LogP contribution in [0.5, 0.6) is 0 Å². The number of hydrogen-bond acceptors (Lipinski definition) is 4. The predicted molar refractivity (Wildman–Crippen MR) is 88.2 cm³/mol. The molecule has 0 saturated carbocycles. The van der Waals surface area contributed by atoms with Crippen LogP contribution >= 0.6 is 11.3 Å². The standard InChI is InChI=1S/C16H17F3N2O3S/c1-3-4-5-21(11(22)6-8(2)15(23)24)16-20-13-12(19)9(17)7-10(18)14(13)25-16/h7-8H,3-6H2,1-2H3,(H,23,24). The van der Waals surface area contributed by atoms with Crippen LogP contribution in [0.1, 0.15) is 33.1 Å². The molecule has 0 saturated heterocycles. The molecule has 2 rings (SSSR count). The maximum Gasteiger partial charge on any atom is 0.306 e. The summed E-state index contributed by atoms with van der Waals surface area (Å²) in [7, 11) is 0. The van der Waals surface area contributed by atoms with Crippen molar-refractivity contribution in [3.63, 3.8) is 0 Å². The Bertz CT molecular complexity index is 810. The normalized spacial score (nSPS) is 12.4. The van der Waals surface area contributed by atoms with Crippen LogP contribution in [-0.2, 0) is 9.59 Å². The number of fused-ring (bicyclic) bond motifs is 1. The monoisotopic (exact) mass is 374 g/mol. The molecule has 25 heavy (non-hydrogen) atoms. The highest BCUT2D eigenvalue weighted by Crippen LogP contribution is 2.34. The molecular weight excluding hydrogens is 357 g/mol. The number of unbranched alkanes of at least 4 members (excludes halogenated alkanes) is 1. The van der Waals surface area contributed by atoms with Crippen molar-refractivity contribution < 1.29 is 27.9 Å². The minimum Gasteiger partial charge on any atom is -0.481 e. The van der Waals surface area contributed by atoms with Crippen molar-refractivity contribution in [2.24, 2.45) is 5.92 Å². The van der Waals surface area contributed by atoms with Gasteiger partial charge in [-0.1, -0.05) is 31.6 Å². The van der Waals surface area contributed by atoms with Crippen molar-refractivity contribution in [1.29, 1.82) is 0 Å². The molecule has 0 fully saturated rings. The van der Waals surface area contributed by atoms with Gasteiger partial charge in [-0.2, -0.15) is 0 Å². The molecule has 2 aromatic rings. The summed E-state index contributed by atoms with van der Waals surface area (Å²) >= 11 is 0.734. The SMILES string of the molecule is CCCCN(C(=O)CC(C)C(=O)O)c1nc2c(F)c(F)cc(F)c2s1. The Hall–Kier alpha value is -2.16. The maximum atomic E-state index is 13.9. The second-order valence-electron chi connectivity index (χ2n) is 5.67. The Kier molecular flexibility index (Phi) is 5.99. The lowest BCUT2D eigenvalue weighted by Crippen LogP contribution is -2.34. The van der Waals surface area contributed by atoms with Crippen LogP contribution in [0, 0.1) is 23.4 Å². The summed E-state index contributed by atoms with van der Waals surface area (Å²) < 4.78 is 40.9. The number of anilines is 1. The van der Waals surface area contributed by atoms with E-state index in [4.69, 9.17) is 5.11 Å². The lowest BCUT2D eigenvalue weighted by atomic mass is 10.1. The molecule has 1 aromatic carbocycles. The summed E-state index contributed by atoms with van der Waals surface area (Å²) in [6, 6.07) is 0.435. The molecule has 1 aromatic heterocycles. The van der Waals surface area contributed by atoms with Gasteiger partial charge in [-0.3, -0.25) is 14.5 Å². The Morgan fingerprint density at radius 1 is 1.32 bits per heavy atom. The first-order chi connectivity index (χ1) is 11.8. The van der Waals surface area contributed by atoms with Crippen LogP contribution in [0.15, 0.2) is 6.07 Å². The number of thiazole rings is 1. The predicted octanol–water partition coefficient (Wildman–Crippen LogP) is 3.96. The lowest BCUT2D eigenvalue weighted by molar-refractivity contribution is -0.143. The number of hydrogen-bond donors (Lipinski definition) is 1. The first-order valence-electron chi connectivity index (χ1n) is 7.73. The number of carboxylic acid groups (broad SMARTS) is 1. The third-order valence-electron chi connectivity index (χ3n) is 3.67. The van der Waals surface area contributed by atoms with Crippen molar-refractivity contribution in [1.82, 2.24) is 4.98 Å². The number of benzene rings is 1. The van der Waals surface area contributed by atoms with Gasteiger partial charge in [0.05, 0.1) is 10.6 Å². The minimum absolute atomic E-state index is 0.0226. The van der Waals surface area contributed by atoms with E-state index in [1.807, 2.05) is 6.92 Å².